The maximum Gasteiger partial charge on any atom is 0.514 e. The van der Waals surface area contributed by atoms with Crippen molar-refractivity contribution in [3.63, 3.8) is 0 Å². The zero-order valence-electron chi connectivity index (χ0n) is 24.0. The summed E-state index contributed by atoms with van der Waals surface area (Å²) < 4.78 is 27.6. The quantitative estimate of drug-likeness (QED) is 0.190. The topological polar surface area (TPSA) is 97.4 Å². The van der Waals surface area contributed by atoms with Crippen molar-refractivity contribution >= 4 is 18.3 Å². The summed E-state index contributed by atoms with van der Waals surface area (Å²) in [6, 6.07) is 17.6. The highest BCUT2D eigenvalue weighted by Gasteiger charge is 2.48. The number of esters is 1. The first-order chi connectivity index (χ1) is 18.6. The van der Waals surface area contributed by atoms with E-state index in [1.165, 1.54) is 0 Å². The number of cyclic esters (lactones) is 1. The first-order valence-corrected chi connectivity index (χ1v) is 13.0. The zero-order chi connectivity index (χ0) is 29.5. The van der Waals surface area contributed by atoms with Crippen molar-refractivity contribution in [2.24, 2.45) is 0 Å². The van der Waals surface area contributed by atoms with E-state index in [0.717, 1.165) is 0 Å². The Balaban J connectivity index is 1.77. The van der Waals surface area contributed by atoms with Crippen LogP contribution in [0.3, 0.4) is 0 Å². The molecule has 1 aliphatic rings. The molecule has 0 saturated heterocycles. The van der Waals surface area contributed by atoms with Crippen molar-refractivity contribution in [3.8, 4) is 11.5 Å². The van der Waals surface area contributed by atoms with Gasteiger partial charge in [0.15, 0.2) is 5.60 Å². The van der Waals surface area contributed by atoms with Gasteiger partial charge >= 0.3 is 18.3 Å². The third kappa shape index (κ3) is 5.96. The van der Waals surface area contributed by atoms with Crippen LogP contribution in [-0.4, -0.2) is 29.5 Å². The smallest absolute Gasteiger partial charge is 0.441 e. The largest absolute Gasteiger partial charge is 0.514 e. The van der Waals surface area contributed by atoms with E-state index in [4.69, 9.17) is 23.7 Å². The summed E-state index contributed by atoms with van der Waals surface area (Å²) in [4.78, 5) is 37.6. The van der Waals surface area contributed by atoms with Gasteiger partial charge in [0.25, 0.3) is 0 Å². The fraction of sp³-hybridized carbons (Fsp3) is 0.344. The van der Waals surface area contributed by atoms with Crippen LogP contribution in [0.5, 0.6) is 11.5 Å². The molecule has 0 fully saturated rings. The number of carbonyl (C=O) groups is 3. The van der Waals surface area contributed by atoms with Crippen LogP contribution in [-0.2, 0) is 19.8 Å². The van der Waals surface area contributed by atoms with Crippen LogP contribution in [0.25, 0.3) is 0 Å². The number of carbonyl (C=O) groups excluding carboxylic acids is 3. The maximum absolute atomic E-state index is 13.1. The number of aryl methyl sites for hydroxylation is 2. The van der Waals surface area contributed by atoms with Crippen LogP contribution in [0.1, 0.15) is 79.7 Å². The Morgan fingerprint density at radius 3 is 1.57 bits per heavy atom. The van der Waals surface area contributed by atoms with E-state index < -0.39 is 35.1 Å². The van der Waals surface area contributed by atoms with Gasteiger partial charge in [-0.3, -0.25) is 0 Å². The van der Waals surface area contributed by atoms with E-state index >= 15 is 0 Å². The van der Waals surface area contributed by atoms with Crippen molar-refractivity contribution in [1.29, 1.82) is 0 Å². The van der Waals surface area contributed by atoms with Crippen molar-refractivity contribution < 1.29 is 38.1 Å². The zero-order valence-corrected chi connectivity index (χ0v) is 24.0. The van der Waals surface area contributed by atoms with Crippen molar-refractivity contribution in [1.82, 2.24) is 0 Å². The first kappa shape index (κ1) is 28.7. The SMILES string of the molecule is Cc1cc(C2(c3ccc(OC(=O)OC(C)(C)C)c(C)c3)OC(=O)c3ccccc32)ccc1OC(=O)OC(C)(C)C. The van der Waals surface area contributed by atoms with E-state index in [9.17, 15) is 14.4 Å². The Morgan fingerprint density at radius 1 is 0.700 bits per heavy atom. The molecule has 0 radical (unpaired) electrons. The first-order valence-electron chi connectivity index (χ1n) is 13.0. The van der Waals surface area contributed by atoms with Gasteiger partial charge in [-0.2, -0.15) is 0 Å². The molecule has 40 heavy (non-hydrogen) atoms. The van der Waals surface area contributed by atoms with Crippen LogP contribution in [0, 0.1) is 13.8 Å². The van der Waals surface area contributed by atoms with E-state index in [1.807, 2.05) is 24.3 Å². The van der Waals surface area contributed by atoms with Gasteiger partial charge < -0.3 is 23.7 Å². The molecule has 1 aliphatic heterocycles. The van der Waals surface area contributed by atoms with Crippen LogP contribution >= 0.6 is 0 Å². The Labute approximate surface area is 234 Å². The van der Waals surface area contributed by atoms with Crippen LogP contribution in [0.2, 0.25) is 0 Å². The minimum Gasteiger partial charge on any atom is -0.441 e. The Kier molecular flexibility index (Phi) is 7.41. The molecule has 8 heteroatoms. The number of hydrogen-bond donors (Lipinski definition) is 0. The van der Waals surface area contributed by atoms with Gasteiger partial charge in [0.05, 0.1) is 5.56 Å². The highest BCUT2D eigenvalue weighted by molar-refractivity contribution is 5.96. The average Bonchev–Trinajstić information content (AvgIpc) is 3.13. The minimum atomic E-state index is -1.29. The summed E-state index contributed by atoms with van der Waals surface area (Å²) in [6.45, 7) is 14.1. The summed E-state index contributed by atoms with van der Waals surface area (Å²) in [5.41, 5.74) is 1.01. The fourth-order valence-electron chi connectivity index (χ4n) is 4.50. The van der Waals surface area contributed by atoms with Gasteiger partial charge in [0, 0.05) is 16.7 Å². The standard InChI is InChI=1S/C32H34O8/c1-19-17-21(13-15-25(19)36-28(34)39-30(3,4)5)32(24-12-10-9-11-23(24)27(33)38-32)22-14-16-26(20(2)18-22)37-29(35)40-31(6,7)8/h9-18H,1-8H3. The highest BCUT2D eigenvalue weighted by atomic mass is 16.7. The molecule has 0 atom stereocenters. The van der Waals surface area contributed by atoms with Gasteiger partial charge in [0.1, 0.15) is 22.7 Å². The molecule has 0 bridgehead atoms. The lowest BCUT2D eigenvalue weighted by atomic mass is 9.79. The summed E-state index contributed by atoms with van der Waals surface area (Å²) in [7, 11) is 0. The highest BCUT2D eigenvalue weighted by Crippen LogP contribution is 2.48. The molecule has 0 N–H and O–H groups in total. The van der Waals surface area contributed by atoms with Gasteiger partial charge in [-0.25, -0.2) is 14.4 Å². The number of rotatable bonds is 4. The molecule has 0 amide bonds. The summed E-state index contributed by atoms with van der Waals surface area (Å²) in [6.07, 6.45) is -1.63. The molecule has 3 aromatic rings. The van der Waals surface area contributed by atoms with Crippen molar-refractivity contribution in [3.05, 3.63) is 94.0 Å². The van der Waals surface area contributed by atoms with Crippen molar-refractivity contribution in [2.75, 3.05) is 0 Å². The van der Waals surface area contributed by atoms with Crippen LogP contribution < -0.4 is 9.47 Å². The van der Waals surface area contributed by atoms with Gasteiger partial charge in [-0.1, -0.05) is 30.3 Å². The van der Waals surface area contributed by atoms with Crippen LogP contribution in [0.15, 0.2) is 60.7 Å². The van der Waals surface area contributed by atoms with Gasteiger partial charge in [-0.15, -0.1) is 0 Å². The summed E-state index contributed by atoms with van der Waals surface area (Å²) in [5, 5.41) is 0. The summed E-state index contributed by atoms with van der Waals surface area (Å²) >= 11 is 0. The average molecular weight is 547 g/mol. The van der Waals surface area contributed by atoms with E-state index in [1.54, 1.807) is 91.8 Å². The predicted molar refractivity (Wildman–Crippen MR) is 148 cm³/mol. The lowest BCUT2D eigenvalue weighted by molar-refractivity contribution is 0.0191. The van der Waals surface area contributed by atoms with Gasteiger partial charge in [0.2, 0.25) is 0 Å². The molecule has 0 aliphatic carbocycles. The maximum atomic E-state index is 13.1. The molecule has 0 saturated carbocycles. The molecule has 210 valence electrons. The van der Waals surface area contributed by atoms with Crippen LogP contribution in [0.4, 0.5) is 9.59 Å². The predicted octanol–water partition coefficient (Wildman–Crippen LogP) is 7.39. The molecule has 1 heterocycles. The normalized spacial score (nSPS) is 14.2. The Bertz CT molecular complexity index is 1390. The monoisotopic (exact) mass is 546 g/mol. The second-order valence-corrected chi connectivity index (χ2v) is 11.7. The van der Waals surface area contributed by atoms with Crippen molar-refractivity contribution in [2.45, 2.75) is 72.2 Å². The molecular weight excluding hydrogens is 512 g/mol. The number of ether oxygens (including phenoxy) is 5. The van der Waals surface area contributed by atoms with E-state index in [-0.39, 0.29) is 0 Å². The van der Waals surface area contributed by atoms with E-state index in [2.05, 4.69) is 0 Å². The molecule has 0 unspecified atom stereocenters. The van der Waals surface area contributed by atoms with E-state index in [0.29, 0.717) is 44.9 Å². The number of fused-ring (bicyclic) bond motifs is 1. The molecule has 3 aromatic carbocycles. The molecular formula is C32H34O8. The second kappa shape index (κ2) is 10.3. The fourth-order valence-corrected chi connectivity index (χ4v) is 4.50. The lowest BCUT2D eigenvalue weighted by Crippen LogP contribution is -2.30. The lowest BCUT2D eigenvalue weighted by Gasteiger charge is -2.31. The molecule has 0 spiro atoms. The number of hydrogen-bond acceptors (Lipinski definition) is 8. The molecule has 0 aromatic heterocycles. The Morgan fingerprint density at radius 2 is 1.15 bits per heavy atom. The molecule has 8 nitrogen and oxygen atoms in total. The Hall–Kier alpha value is -4.33. The third-order valence-electron chi connectivity index (χ3n) is 6.10. The second-order valence-electron chi connectivity index (χ2n) is 11.7. The minimum absolute atomic E-state index is 0.322. The number of benzene rings is 3. The third-order valence-corrected chi connectivity index (χ3v) is 6.10. The molecule has 4 rings (SSSR count). The summed E-state index contributed by atoms with van der Waals surface area (Å²) in [5.74, 6) is 0.181. The van der Waals surface area contributed by atoms with Gasteiger partial charge in [-0.05, 0) is 96.8 Å².